The van der Waals surface area contributed by atoms with Crippen LogP contribution in [-0.4, -0.2) is 40.9 Å². The molecule has 1 aliphatic rings. The van der Waals surface area contributed by atoms with Gasteiger partial charge in [0.1, 0.15) is 17.5 Å². The molecule has 1 amide bonds. The Balaban J connectivity index is 2.22. The van der Waals surface area contributed by atoms with Crippen LogP contribution >= 0.6 is 0 Å². The highest BCUT2D eigenvalue weighted by molar-refractivity contribution is 5.92. The fourth-order valence-corrected chi connectivity index (χ4v) is 3.03. The highest BCUT2D eigenvalue weighted by Gasteiger charge is 2.38. The van der Waals surface area contributed by atoms with Crippen LogP contribution in [0.15, 0.2) is 15.7 Å². The molecule has 1 saturated heterocycles. The van der Waals surface area contributed by atoms with Gasteiger partial charge in [0.2, 0.25) is 5.91 Å². The molecule has 0 saturated carbocycles. The normalized spacial score (nSPS) is 20.1. The molecule has 0 aliphatic carbocycles. The van der Waals surface area contributed by atoms with Crippen LogP contribution in [0, 0.1) is 12.8 Å². The minimum Gasteiger partial charge on any atom is -0.384 e. The molecular weight excluding hydrogens is 294 g/mol. The summed E-state index contributed by atoms with van der Waals surface area (Å²) in [5.74, 6) is 0.893. The zero-order valence-electron chi connectivity index (χ0n) is 14.4. The summed E-state index contributed by atoms with van der Waals surface area (Å²) in [4.78, 5) is 14.9. The zero-order chi connectivity index (χ0) is 17.0. The summed E-state index contributed by atoms with van der Waals surface area (Å²) < 4.78 is 5.36. The molecule has 3 N–H and O–H groups in total. The lowest BCUT2D eigenvalue weighted by Gasteiger charge is -2.29. The Morgan fingerprint density at radius 3 is 2.91 bits per heavy atom. The van der Waals surface area contributed by atoms with E-state index in [-0.39, 0.29) is 23.8 Å². The van der Waals surface area contributed by atoms with Gasteiger partial charge in [0.15, 0.2) is 0 Å². The van der Waals surface area contributed by atoms with Crippen molar-refractivity contribution in [2.24, 2.45) is 16.8 Å². The summed E-state index contributed by atoms with van der Waals surface area (Å²) in [7, 11) is 0. The largest absolute Gasteiger partial charge is 0.384 e. The fraction of sp³-hybridized carbons (Fsp3) is 0.688. The van der Waals surface area contributed by atoms with Gasteiger partial charge < -0.3 is 20.6 Å². The van der Waals surface area contributed by atoms with Crippen molar-refractivity contribution < 1.29 is 9.32 Å². The summed E-state index contributed by atoms with van der Waals surface area (Å²) in [6.07, 6.45) is 1.77. The number of rotatable bonds is 6. The molecule has 128 valence electrons. The molecule has 1 aliphatic heterocycles. The van der Waals surface area contributed by atoms with Crippen LogP contribution in [0.2, 0.25) is 0 Å². The van der Waals surface area contributed by atoms with Gasteiger partial charge in [0.25, 0.3) is 0 Å². The first-order valence-corrected chi connectivity index (χ1v) is 8.25. The number of amides is 1. The number of amidine groups is 1. The number of likely N-dealkylation sites (tertiary alicyclic amines) is 1. The second-order valence-electron chi connectivity index (χ2n) is 6.33. The molecule has 1 aromatic heterocycles. The molecule has 1 fully saturated rings. The molecule has 2 unspecified atom stereocenters. The lowest BCUT2D eigenvalue weighted by molar-refractivity contribution is -0.134. The number of nitrogens with zero attached hydrogens (tertiary/aromatic N) is 3. The maximum absolute atomic E-state index is 13.1. The summed E-state index contributed by atoms with van der Waals surface area (Å²) in [5, 5.41) is 8.07. The number of aryl methyl sites for hydroxylation is 1. The molecule has 7 heteroatoms. The molecule has 1 aromatic rings. The van der Waals surface area contributed by atoms with Crippen molar-refractivity contribution in [3.05, 3.63) is 17.5 Å². The zero-order valence-corrected chi connectivity index (χ0v) is 14.4. The van der Waals surface area contributed by atoms with Crippen molar-refractivity contribution in [2.75, 3.05) is 13.1 Å². The van der Waals surface area contributed by atoms with Crippen LogP contribution in [-0.2, 0) is 4.79 Å². The Kier molecular flexibility index (Phi) is 5.63. The van der Waals surface area contributed by atoms with Gasteiger partial charge in [0, 0.05) is 19.2 Å². The van der Waals surface area contributed by atoms with Crippen molar-refractivity contribution in [1.29, 1.82) is 0 Å². The summed E-state index contributed by atoms with van der Waals surface area (Å²) >= 11 is 0. The Morgan fingerprint density at radius 1 is 1.61 bits per heavy atom. The van der Waals surface area contributed by atoms with Crippen LogP contribution in [0.1, 0.15) is 51.0 Å². The summed E-state index contributed by atoms with van der Waals surface area (Å²) in [5.41, 5.74) is 9.72. The molecule has 23 heavy (non-hydrogen) atoms. The van der Waals surface area contributed by atoms with Crippen molar-refractivity contribution in [3.63, 3.8) is 0 Å². The molecule has 2 atom stereocenters. The third-order valence-corrected chi connectivity index (χ3v) is 4.13. The average Bonchev–Trinajstić information content (AvgIpc) is 3.13. The van der Waals surface area contributed by atoms with E-state index in [9.17, 15) is 4.79 Å². The smallest absolute Gasteiger partial charge is 0.234 e. The minimum absolute atomic E-state index is 0.0355. The number of aromatic nitrogens is 1. The second kappa shape index (κ2) is 7.48. The molecule has 0 aromatic carbocycles. The number of nitrogens with two attached hydrogens (primary N) is 1. The Bertz CT molecular complexity index is 567. The predicted octanol–water partition coefficient (Wildman–Crippen LogP) is 1.60. The molecule has 2 rings (SSSR count). The maximum atomic E-state index is 13.1. The third-order valence-electron chi connectivity index (χ3n) is 4.13. The van der Waals surface area contributed by atoms with E-state index in [1.165, 1.54) is 0 Å². The second-order valence-corrected chi connectivity index (χ2v) is 6.33. The first kappa shape index (κ1) is 17.3. The van der Waals surface area contributed by atoms with Gasteiger partial charge in [-0.25, -0.2) is 0 Å². The van der Waals surface area contributed by atoms with E-state index in [4.69, 9.17) is 10.3 Å². The van der Waals surface area contributed by atoms with E-state index in [1.807, 2.05) is 38.7 Å². The highest BCUT2D eigenvalue weighted by atomic mass is 16.5. The van der Waals surface area contributed by atoms with Gasteiger partial charge in [-0.1, -0.05) is 19.0 Å². The quantitative estimate of drug-likeness (QED) is 0.471. The van der Waals surface area contributed by atoms with Gasteiger partial charge in [0.05, 0.1) is 11.7 Å². The monoisotopic (exact) mass is 321 g/mol. The Hall–Kier alpha value is -2.05. The predicted molar refractivity (Wildman–Crippen MR) is 88.9 cm³/mol. The Labute approximate surface area is 137 Å². The minimum atomic E-state index is -0.344. The SMILES string of the molecule is CCN/N=C(\N)C1CCCN1C(=O)C(c1cc(C)no1)C(C)C. The van der Waals surface area contributed by atoms with Crippen LogP contribution < -0.4 is 11.2 Å². The van der Waals surface area contributed by atoms with E-state index in [2.05, 4.69) is 15.7 Å². The number of hydrogen-bond acceptors (Lipinski definition) is 5. The highest BCUT2D eigenvalue weighted by Crippen LogP contribution is 2.30. The third kappa shape index (κ3) is 3.83. The van der Waals surface area contributed by atoms with Crippen molar-refractivity contribution in [1.82, 2.24) is 15.5 Å². The molecule has 7 nitrogen and oxygen atoms in total. The molecule has 0 spiro atoms. The number of carbonyl (C=O) groups excluding carboxylic acids is 1. The summed E-state index contributed by atoms with van der Waals surface area (Å²) in [6, 6.07) is 1.69. The topological polar surface area (TPSA) is 96.8 Å². The van der Waals surface area contributed by atoms with E-state index in [1.54, 1.807) is 0 Å². The molecular formula is C16H27N5O2. The van der Waals surface area contributed by atoms with Crippen LogP contribution in [0.3, 0.4) is 0 Å². The average molecular weight is 321 g/mol. The number of carbonyl (C=O) groups is 1. The lowest BCUT2D eigenvalue weighted by atomic mass is 9.91. The maximum Gasteiger partial charge on any atom is 0.234 e. The van der Waals surface area contributed by atoms with E-state index >= 15 is 0 Å². The molecule has 2 heterocycles. The van der Waals surface area contributed by atoms with Gasteiger partial charge in [-0.05, 0) is 32.6 Å². The van der Waals surface area contributed by atoms with Crippen molar-refractivity contribution >= 4 is 11.7 Å². The van der Waals surface area contributed by atoms with E-state index in [0.717, 1.165) is 18.5 Å². The van der Waals surface area contributed by atoms with Gasteiger partial charge in [-0.3, -0.25) is 4.79 Å². The van der Waals surface area contributed by atoms with Crippen molar-refractivity contribution in [2.45, 2.75) is 52.5 Å². The molecule has 0 bridgehead atoms. The van der Waals surface area contributed by atoms with Gasteiger partial charge >= 0.3 is 0 Å². The summed E-state index contributed by atoms with van der Waals surface area (Å²) in [6.45, 7) is 9.24. The van der Waals surface area contributed by atoms with Crippen LogP contribution in [0.25, 0.3) is 0 Å². The van der Waals surface area contributed by atoms with Crippen molar-refractivity contribution in [3.8, 4) is 0 Å². The van der Waals surface area contributed by atoms with Crippen LogP contribution in [0.5, 0.6) is 0 Å². The Morgan fingerprint density at radius 2 is 2.35 bits per heavy atom. The number of nitrogens with one attached hydrogen (secondary N) is 1. The first-order chi connectivity index (χ1) is 11.0. The lowest BCUT2D eigenvalue weighted by Crippen LogP contribution is -2.47. The standard InChI is InChI=1S/C16H27N5O2/c1-5-18-19-15(17)12-7-6-8-21(12)16(22)14(10(2)3)13-9-11(4)20-23-13/h9-10,12,14,18H,5-8H2,1-4H3,(H2,17,19). The van der Waals surface area contributed by atoms with E-state index in [0.29, 0.717) is 24.7 Å². The van der Waals surface area contributed by atoms with Gasteiger partial charge in [-0.2, -0.15) is 5.10 Å². The number of hydrogen-bond donors (Lipinski definition) is 2. The molecule has 0 radical (unpaired) electrons. The van der Waals surface area contributed by atoms with E-state index < -0.39 is 0 Å². The fourth-order valence-electron chi connectivity index (χ4n) is 3.03. The van der Waals surface area contributed by atoms with Gasteiger partial charge in [-0.15, -0.1) is 0 Å². The first-order valence-electron chi connectivity index (χ1n) is 8.25. The number of hydrazone groups is 1. The van der Waals surface area contributed by atoms with Crippen LogP contribution in [0.4, 0.5) is 0 Å².